The van der Waals surface area contributed by atoms with Crippen molar-refractivity contribution in [1.82, 2.24) is 9.55 Å². The van der Waals surface area contributed by atoms with E-state index < -0.39 is 10.0 Å². The summed E-state index contributed by atoms with van der Waals surface area (Å²) in [7, 11) is -3.74. The number of benzene rings is 1. The molecule has 0 bridgehead atoms. The van der Waals surface area contributed by atoms with Gasteiger partial charge in [0.25, 0.3) is 10.0 Å². The molecule has 0 saturated carbocycles. The first kappa shape index (κ1) is 13.5. The van der Waals surface area contributed by atoms with Crippen molar-refractivity contribution in [2.75, 3.05) is 4.42 Å². The number of fused-ring (bicyclic) bond motifs is 1. The number of nitrogens with zero attached hydrogens (tertiary/aromatic N) is 4. The molecule has 0 unspecified atom stereocenters. The van der Waals surface area contributed by atoms with Crippen molar-refractivity contribution in [3.05, 3.63) is 43.0 Å². The summed E-state index contributed by atoms with van der Waals surface area (Å²) >= 11 is 6.12. The zero-order valence-corrected chi connectivity index (χ0v) is 11.0. The van der Waals surface area contributed by atoms with E-state index in [1.165, 1.54) is 27.6 Å². The second-order valence-electron chi connectivity index (χ2n) is 3.58. The van der Waals surface area contributed by atoms with Crippen molar-refractivity contribution in [2.24, 2.45) is 4.40 Å². The van der Waals surface area contributed by atoms with Gasteiger partial charge in [-0.1, -0.05) is 12.1 Å². The third kappa shape index (κ3) is 2.09. The van der Waals surface area contributed by atoms with Gasteiger partial charge in [-0.2, -0.15) is 8.42 Å². The molecular weight excluding hydrogens is 292 g/mol. The standard InChI is InChI=1S/C10H7ClN4O2S.H2O/c11-15-8-3-1-2-4-9(8)18(16,17)13-10(15)14-6-5-12-7-14;/h1-7H;1H2. The van der Waals surface area contributed by atoms with Crippen LogP contribution in [0.3, 0.4) is 0 Å². The Morgan fingerprint density at radius 2 is 1.95 bits per heavy atom. The molecular formula is C10H9ClN4O3S. The van der Waals surface area contributed by atoms with Crippen molar-refractivity contribution in [3.8, 4) is 0 Å². The Morgan fingerprint density at radius 3 is 2.63 bits per heavy atom. The molecule has 1 aliphatic rings. The minimum Gasteiger partial charge on any atom is -0.412 e. The second kappa shape index (κ2) is 4.65. The Hall–Kier alpha value is -1.90. The Balaban J connectivity index is 0.00000133. The predicted molar refractivity (Wildman–Crippen MR) is 70.6 cm³/mol. The van der Waals surface area contributed by atoms with Gasteiger partial charge in [0, 0.05) is 24.2 Å². The highest BCUT2D eigenvalue weighted by Gasteiger charge is 2.30. The third-order valence-corrected chi connectivity index (χ3v) is 4.11. The minimum absolute atomic E-state index is 0. The maximum atomic E-state index is 12.0. The number of rotatable bonds is 0. The summed E-state index contributed by atoms with van der Waals surface area (Å²) in [6.07, 6.45) is 4.51. The lowest BCUT2D eigenvalue weighted by atomic mass is 10.3. The SMILES string of the molecule is O.O=S1(=O)N=C(n2ccnc2)N(Cl)c2ccccc21. The topological polar surface area (TPSA) is 99.1 Å². The highest BCUT2D eigenvalue weighted by Crippen LogP contribution is 2.32. The normalized spacial score (nSPS) is 16.3. The molecule has 9 heteroatoms. The Labute approximate surface area is 114 Å². The predicted octanol–water partition coefficient (Wildman–Crippen LogP) is 0.625. The van der Waals surface area contributed by atoms with E-state index >= 15 is 0 Å². The molecule has 0 aliphatic carbocycles. The van der Waals surface area contributed by atoms with E-state index in [2.05, 4.69) is 9.38 Å². The van der Waals surface area contributed by atoms with E-state index in [9.17, 15) is 8.42 Å². The Bertz CT molecular complexity index is 727. The first-order valence-corrected chi connectivity index (χ1v) is 6.76. The van der Waals surface area contributed by atoms with Gasteiger partial charge in [-0.05, 0) is 12.1 Å². The van der Waals surface area contributed by atoms with Crippen molar-refractivity contribution in [3.63, 3.8) is 0 Å². The number of hydrogen-bond acceptors (Lipinski definition) is 4. The third-order valence-electron chi connectivity index (χ3n) is 2.47. The Kier molecular flexibility index (Phi) is 3.31. The zero-order chi connectivity index (χ0) is 12.8. The molecule has 0 saturated heterocycles. The number of halogens is 1. The van der Waals surface area contributed by atoms with Crippen LogP contribution in [0.15, 0.2) is 52.3 Å². The van der Waals surface area contributed by atoms with Gasteiger partial charge in [0.1, 0.15) is 11.2 Å². The number of anilines is 1. The lowest BCUT2D eigenvalue weighted by Crippen LogP contribution is -2.32. The lowest BCUT2D eigenvalue weighted by molar-refractivity contribution is 0.597. The number of aromatic nitrogens is 2. The number of para-hydroxylation sites is 1. The molecule has 0 spiro atoms. The van der Waals surface area contributed by atoms with Gasteiger partial charge < -0.3 is 5.48 Å². The number of hydrogen-bond donors (Lipinski definition) is 0. The van der Waals surface area contributed by atoms with E-state index in [1.54, 1.807) is 24.4 Å². The fourth-order valence-corrected chi connectivity index (χ4v) is 3.19. The van der Waals surface area contributed by atoms with Gasteiger partial charge in [-0.25, -0.2) is 9.40 Å². The van der Waals surface area contributed by atoms with Crippen LogP contribution < -0.4 is 4.42 Å². The van der Waals surface area contributed by atoms with Crippen LogP contribution in [0, 0.1) is 0 Å². The van der Waals surface area contributed by atoms with Gasteiger partial charge in [0.15, 0.2) is 0 Å². The summed E-state index contributed by atoms with van der Waals surface area (Å²) in [6, 6.07) is 6.42. The molecule has 7 nitrogen and oxygen atoms in total. The van der Waals surface area contributed by atoms with Crippen molar-refractivity contribution >= 4 is 33.4 Å². The molecule has 1 aliphatic heterocycles. The zero-order valence-electron chi connectivity index (χ0n) is 9.43. The molecule has 3 rings (SSSR count). The molecule has 2 aromatic rings. The maximum absolute atomic E-state index is 12.0. The van der Waals surface area contributed by atoms with Crippen molar-refractivity contribution < 1.29 is 13.9 Å². The van der Waals surface area contributed by atoms with E-state index in [1.807, 2.05) is 0 Å². The van der Waals surface area contributed by atoms with Gasteiger partial charge in [0.05, 0.1) is 5.69 Å². The van der Waals surface area contributed by atoms with Gasteiger partial charge in [-0.15, -0.1) is 4.40 Å². The first-order valence-electron chi connectivity index (χ1n) is 4.98. The van der Waals surface area contributed by atoms with Crippen LogP contribution in [0.2, 0.25) is 0 Å². The van der Waals surface area contributed by atoms with E-state index in [0.717, 1.165) is 0 Å². The fraction of sp³-hybridized carbons (Fsp3) is 0. The van der Waals surface area contributed by atoms with E-state index in [0.29, 0.717) is 5.69 Å². The average molecular weight is 301 g/mol. The minimum atomic E-state index is -3.74. The first-order chi connectivity index (χ1) is 8.59. The molecule has 19 heavy (non-hydrogen) atoms. The number of imidazole rings is 1. The molecule has 0 fully saturated rings. The fourth-order valence-electron chi connectivity index (χ4n) is 1.66. The van der Waals surface area contributed by atoms with Crippen LogP contribution in [0.25, 0.3) is 0 Å². The van der Waals surface area contributed by atoms with Crippen molar-refractivity contribution in [1.29, 1.82) is 0 Å². The molecule has 0 atom stereocenters. The molecule has 2 N–H and O–H groups in total. The van der Waals surface area contributed by atoms with Crippen molar-refractivity contribution in [2.45, 2.75) is 4.90 Å². The summed E-state index contributed by atoms with van der Waals surface area (Å²) in [5.74, 6) is 0.0767. The summed E-state index contributed by atoms with van der Waals surface area (Å²) in [6.45, 7) is 0. The largest absolute Gasteiger partial charge is 0.412 e. The summed E-state index contributed by atoms with van der Waals surface area (Å²) < 4.78 is 30.3. The quantitative estimate of drug-likeness (QED) is 0.666. The highest BCUT2D eigenvalue weighted by atomic mass is 35.5. The number of sulfonamides is 1. The molecule has 2 heterocycles. The molecule has 100 valence electrons. The van der Waals surface area contributed by atoms with Crippen LogP contribution in [-0.4, -0.2) is 29.4 Å². The van der Waals surface area contributed by atoms with Gasteiger partial charge in [-0.3, -0.25) is 4.57 Å². The maximum Gasteiger partial charge on any atom is 0.287 e. The lowest BCUT2D eigenvalue weighted by Gasteiger charge is -2.24. The van der Waals surface area contributed by atoms with E-state index in [4.69, 9.17) is 11.8 Å². The van der Waals surface area contributed by atoms with E-state index in [-0.39, 0.29) is 16.3 Å². The second-order valence-corrected chi connectivity index (χ2v) is 5.50. The smallest absolute Gasteiger partial charge is 0.287 e. The molecule has 0 radical (unpaired) electrons. The van der Waals surface area contributed by atoms with Crippen LogP contribution >= 0.6 is 11.8 Å². The summed E-state index contributed by atoms with van der Waals surface area (Å²) in [5.41, 5.74) is 0.373. The summed E-state index contributed by atoms with van der Waals surface area (Å²) in [4.78, 5) is 3.92. The van der Waals surface area contributed by atoms with Gasteiger partial charge in [0.2, 0.25) is 5.96 Å². The average Bonchev–Trinajstić information content (AvgIpc) is 2.88. The van der Waals surface area contributed by atoms with Crippen LogP contribution in [0.4, 0.5) is 5.69 Å². The van der Waals surface area contributed by atoms with Crippen LogP contribution in [0.5, 0.6) is 0 Å². The highest BCUT2D eigenvalue weighted by molar-refractivity contribution is 7.90. The summed E-state index contributed by atoms with van der Waals surface area (Å²) in [5, 5.41) is 0. The monoisotopic (exact) mass is 300 g/mol. The Morgan fingerprint density at radius 1 is 1.21 bits per heavy atom. The van der Waals surface area contributed by atoms with Gasteiger partial charge >= 0.3 is 0 Å². The molecule has 0 amide bonds. The molecule has 1 aromatic carbocycles. The molecule has 1 aromatic heterocycles. The van der Waals surface area contributed by atoms with Crippen LogP contribution in [-0.2, 0) is 10.0 Å². The van der Waals surface area contributed by atoms with Crippen LogP contribution in [0.1, 0.15) is 0 Å².